The van der Waals surface area contributed by atoms with E-state index in [1.54, 1.807) is 0 Å². The lowest BCUT2D eigenvalue weighted by molar-refractivity contribution is -0.123. The highest BCUT2D eigenvalue weighted by Gasteiger charge is 2.35. The second kappa shape index (κ2) is 9.93. The van der Waals surface area contributed by atoms with E-state index in [-0.39, 0.29) is 40.4 Å². The van der Waals surface area contributed by atoms with E-state index in [1.807, 2.05) is 4.90 Å². The van der Waals surface area contributed by atoms with Crippen molar-refractivity contribution in [3.63, 3.8) is 0 Å². The molecule has 4 N–H and O–H groups in total. The summed E-state index contributed by atoms with van der Waals surface area (Å²) in [4.78, 5) is 60.4. The van der Waals surface area contributed by atoms with Crippen molar-refractivity contribution in [2.45, 2.75) is 12.3 Å². The molecule has 1 aromatic heterocycles. The average molecular weight is 484 g/mol. The van der Waals surface area contributed by atoms with Gasteiger partial charge in [-0.15, -0.1) is 0 Å². The van der Waals surface area contributed by atoms with Gasteiger partial charge in [-0.1, -0.05) is 0 Å². The maximum absolute atomic E-state index is 13.3. The van der Waals surface area contributed by atoms with Gasteiger partial charge in [-0.2, -0.15) is 9.97 Å². The molecule has 2 aromatic rings. The Balaban J connectivity index is 1.65. The van der Waals surface area contributed by atoms with Crippen molar-refractivity contribution >= 4 is 47.0 Å². The molecule has 0 spiro atoms. The zero-order chi connectivity index (χ0) is 25.1. The molecule has 13 heteroatoms. The third kappa shape index (κ3) is 4.99. The van der Waals surface area contributed by atoms with E-state index in [0.29, 0.717) is 32.3 Å². The van der Waals surface area contributed by atoms with Gasteiger partial charge >= 0.3 is 11.9 Å². The van der Waals surface area contributed by atoms with Crippen LogP contribution in [0.5, 0.6) is 0 Å². The normalized spacial score (nSPS) is 17.1. The number of nitrogens with one attached hydrogen (secondary N) is 2. The number of nitrogens with zero attached hydrogens (tertiary/aromatic N) is 3. The van der Waals surface area contributed by atoms with E-state index >= 15 is 0 Å². The largest absolute Gasteiger partial charge is 0.465 e. The minimum atomic E-state index is -0.999. The number of nitrogens with two attached hydrogens (primary N) is 1. The molecule has 2 amide bonds. The molecule has 1 fully saturated rings. The molecule has 0 unspecified atom stereocenters. The molecule has 35 heavy (non-hydrogen) atoms. The van der Waals surface area contributed by atoms with Crippen LogP contribution in [0.3, 0.4) is 0 Å². The Bertz CT molecular complexity index is 1160. The lowest BCUT2D eigenvalue weighted by Crippen LogP contribution is -2.38. The van der Waals surface area contributed by atoms with Crippen LogP contribution >= 0.6 is 0 Å². The molecule has 4 rings (SSSR count). The number of methoxy groups -OCH3 is 2. The van der Waals surface area contributed by atoms with Gasteiger partial charge in [0.1, 0.15) is 11.6 Å². The van der Waals surface area contributed by atoms with Gasteiger partial charge in [-0.25, -0.2) is 9.59 Å². The van der Waals surface area contributed by atoms with E-state index in [2.05, 4.69) is 20.6 Å². The molecule has 2 aliphatic rings. The number of anilines is 4. The summed E-state index contributed by atoms with van der Waals surface area (Å²) in [7, 11) is 2.38. The van der Waals surface area contributed by atoms with Crippen LogP contribution in [0.2, 0.25) is 0 Å². The molecular formula is C22H24N6O7. The first kappa shape index (κ1) is 23.9. The summed E-state index contributed by atoms with van der Waals surface area (Å²) in [5.41, 5.74) is 6.71. The number of morpholine rings is 1. The molecule has 13 nitrogen and oxygen atoms in total. The lowest BCUT2D eigenvalue weighted by atomic mass is 9.91. The van der Waals surface area contributed by atoms with Gasteiger partial charge in [0.05, 0.1) is 50.0 Å². The number of carbonyl (C=O) groups is 4. The molecule has 0 radical (unpaired) electrons. The minimum Gasteiger partial charge on any atom is -0.465 e. The van der Waals surface area contributed by atoms with E-state index in [0.717, 1.165) is 0 Å². The van der Waals surface area contributed by atoms with Crippen molar-refractivity contribution in [2.75, 3.05) is 61.8 Å². The molecule has 1 atom stereocenters. The number of aromatic nitrogens is 2. The van der Waals surface area contributed by atoms with Gasteiger partial charge in [0.25, 0.3) is 0 Å². The zero-order valence-electron chi connectivity index (χ0n) is 19.1. The second-order valence-electron chi connectivity index (χ2n) is 7.85. The molecular weight excluding hydrogens is 460 g/mol. The highest BCUT2D eigenvalue weighted by atomic mass is 16.5. The molecule has 1 saturated heterocycles. The van der Waals surface area contributed by atoms with Crippen LogP contribution in [-0.2, 0) is 23.8 Å². The Hall–Kier alpha value is -4.26. The van der Waals surface area contributed by atoms with E-state index in [1.165, 1.54) is 32.4 Å². The summed E-state index contributed by atoms with van der Waals surface area (Å²) in [5, 5.41) is 5.31. The SMILES string of the molecule is COC(=O)c1cc(NC(=O)[C@@H]2CC(=O)Nc3nc(N4CCOCC4)nc(N)c32)cc(C(=O)OC)c1. The maximum atomic E-state index is 13.3. The Kier molecular flexibility index (Phi) is 6.78. The van der Waals surface area contributed by atoms with Crippen molar-refractivity contribution in [2.24, 2.45) is 0 Å². The van der Waals surface area contributed by atoms with Crippen molar-refractivity contribution in [1.29, 1.82) is 0 Å². The number of ether oxygens (including phenoxy) is 3. The number of nitrogen functional groups attached to an aromatic ring is 1. The smallest absolute Gasteiger partial charge is 0.337 e. The maximum Gasteiger partial charge on any atom is 0.337 e. The van der Waals surface area contributed by atoms with Crippen LogP contribution in [0, 0.1) is 0 Å². The standard InChI is InChI=1S/C22H24N6O7/c1-33-20(31)11-7-12(21(32)34-2)9-13(8-11)24-19(30)14-10-15(29)25-18-16(14)17(23)26-22(27-18)28-3-5-35-6-4-28/h7-9,14H,3-6,10H2,1-2H3,(H,24,30)(H3,23,25,26,27,29)/t14-/m1/s1. The van der Waals surface area contributed by atoms with Gasteiger partial charge in [0.15, 0.2) is 0 Å². The highest BCUT2D eigenvalue weighted by molar-refractivity contribution is 6.06. The highest BCUT2D eigenvalue weighted by Crippen LogP contribution is 2.36. The first-order valence-corrected chi connectivity index (χ1v) is 10.7. The number of fused-ring (bicyclic) bond motifs is 1. The molecule has 184 valence electrons. The monoisotopic (exact) mass is 484 g/mol. The molecule has 2 aliphatic heterocycles. The van der Waals surface area contributed by atoms with Crippen LogP contribution in [-0.4, -0.2) is 74.2 Å². The fourth-order valence-electron chi connectivity index (χ4n) is 3.91. The summed E-state index contributed by atoms with van der Waals surface area (Å²) in [5.74, 6) is -2.86. The van der Waals surface area contributed by atoms with Gasteiger partial charge in [-0.05, 0) is 18.2 Å². The number of esters is 2. The second-order valence-corrected chi connectivity index (χ2v) is 7.85. The first-order chi connectivity index (χ1) is 16.8. The number of carbonyl (C=O) groups excluding carboxylic acids is 4. The third-order valence-corrected chi connectivity index (χ3v) is 5.61. The van der Waals surface area contributed by atoms with E-state index in [4.69, 9.17) is 19.9 Å². The van der Waals surface area contributed by atoms with Crippen LogP contribution in [0.15, 0.2) is 18.2 Å². The predicted octanol–water partition coefficient (Wildman–Crippen LogP) is 0.533. The minimum absolute atomic E-state index is 0.0329. The van der Waals surface area contributed by atoms with Crippen LogP contribution in [0.1, 0.15) is 38.6 Å². The number of benzene rings is 1. The Morgan fingerprint density at radius 2 is 1.71 bits per heavy atom. The summed E-state index contributed by atoms with van der Waals surface area (Å²) < 4.78 is 14.8. The molecule has 0 aliphatic carbocycles. The lowest BCUT2D eigenvalue weighted by Gasteiger charge is -2.30. The fraction of sp³-hybridized carbons (Fsp3) is 0.364. The van der Waals surface area contributed by atoms with Gasteiger partial charge in [0.2, 0.25) is 17.8 Å². The molecule has 0 bridgehead atoms. The quantitative estimate of drug-likeness (QED) is 0.505. The number of hydrogen-bond donors (Lipinski definition) is 3. The number of amides is 2. The molecule has 0 saturated carbocycles. The predicted molar refractivity (Wildman–Crippen MR) is 123 cm³/mol. The Labute approximate surface area is 199 Å². The van der Waals surface area contributed by atoms with Crippen LogP contribution in [0.4, 0.5) is 23.3 Å². The van der Waals surface area contributed by atoms with Gasteiger partial charge in [-0.3, -0.25) is 9.59 Å². The van der Waals surface area contributed by atoms with Gasteiger partial charge in [0, 0.05) is 25.2 Å². The zero-order valence-corrected chi connectivity index (χ0v) is 19.1. The number of hydrogen-bond acceptors (Lipinski definition) is 11. The summed E-state index contributed by atoms with van der Waals surface area (Å²) in [6.45, 7) is 2.15. The summed E-state index contributed by atoms with van der Waals surface area (Å²) in [6.07, 6.45) is -0.191. The topological polar surface area (TPSA) is 175 Å². The van der Waals surface area contributed by atoms with E-state index < -0.39 is 29.7 Å². The third-order valence-electron chi connectivity index (χ3n) is 5.61. The van der Waals surface area contributed by atoms with Gasteiger partial charge < -0.3 is 35.5 Å². The average Bonchev–Trinajstić information content (AvgIpc) is 2.87. The van der Waals surface area contributed by atoms with Crippen LogP contribution < -0.4 is 21.3 Å². The number of rotatable bonds is 5. The first-order valence-electron chi connectivity index (χ1n) is 10.7. The van der Waals surface area contributed by atoms with E-state index in [9.17, 15) is 19.2 Å². The van der Waals surface area contributed by atoms with Crippen molar-refractivity contribution in [3.8, 4) is 0 Å². The Morgan fingerprint density at radius 3 is 2.31 bits per heavy atom. The molecule has 3 heterocycles. The van der Waals surface area contributed by atoms with Crippen molar-refractivity contribution in [3.05, 3.63) is 34.9 Å². The fourth-order valence-corrected chi connectivity index (χ4v) is 3.91. The Morgan fingerprint density at radius 1 is 1.09 bits per heavy atom. The van der Waals surface area contributed by atoms with Crippen LogP contribution in [0.25, 0.3) is 0 Å². The molecule has 1 aromatic carbocycles. The summed E-state index contributed by atoms with van der Waals surface area (Å²) in [6, 6.07) is 3.98. The summed E-state index contributed by atoms with van der Waals surface area (Å²) >= 11 is 0. The van der Waals surface area contributed by atoms with Crippen molar-refractivity contribution < 1.29 is 33.4 Å². The van der Waals surface area contributed by atoms with Crippen molar-refractivity contribution in [1.82, 2.24) is 9.97 Å².